The van der Waals surface area contributed by atoms with E-state index in [4.69, 9.17) is 4.74 Å². The Labute approximate surface area is 172 Å². The highest BCUT2D eigenvalue weighted by Crippen LogP contribution is 2.52. The molecule has 7 unspecified atom stereocenters. The topological polar surface area (TPSA) is 50.4 Å². The van der Waals surface area contributed by atoms with Crippen molar-refractivity contribution in [3.8, 4) is 0 Å². The first-order valence-corrected chi connectivity index (χ1v) is 11.4. The van der Waals surface area contributed by atoms with E-state index >= 15 is 0 Å². The highest BCUT2D eigenvalue weighted by atomic mass is 32.2. The SMILES string of the molecule is CNC[C@H](C)c1ccc(C2C(OC)CC(C)C3NC(=O)C4SC=CC4C32)cc1. The quantitative estimate of drug-likeness (QED) is 0.794. The standard InChI is InChI=1S/C23H32N2O2S/c1-13-11-18(27-4)19(16-7-5-15(6-8-16)14(2)12-24-3)20-17-9-10-28-22(17)23(26)25-21(13)20/h5-10,13-14,17-22,24H,11-12H2,1-4H3,(H,25,26)/t13?,14-,17?,18?,19?,20?,21?,22?/m0/s1. The number of ether oxygens (including phenoxy) is 1. The first kappa shape index (κ1) is 20.0. The molecule has 28 heavy (non-hydrogen) atoms. The van der Waals surface area contributed by atoms with Gasteiger partial charge in [0.1, 0.15) is 0 Å². The Morgan fingerprint density at radius 3 is 2.75 bits per heavy atom. The number of nitrogens with one attached hydrogen (secondary N) is 2. The second-order valence-corrected chi connectivity index (χ2v) is 9.76. The summed E-state index contributed by atoms with van der Waals surface area (Å²) in [4.78, 5) is 12.6. The summed E-state index contributed by atoms with van der Waals surface area (Å²) < 4.78 is 6.02. The van der Waals surface area contributed by atoms with Crippen LogP contribution in [0.4, 0.5) is 0 Å². The molecule has 1 saturated heterocycles. The van der Waals surface area contributed by atoms with Crippen LogP contribution in [-0.4, -0.2) is 44.0 Å². The van der Waals surface area contributed by atoms with Crippen molar-refractivity contribution in [1.29, 1.82) is 0 Å². The zero-order valence-electron chi connectivity index (χ0n) is 17.2. The van der Waals surface area contributed by atoms with Crippen LogP contribution in [0.25, 0.3) is 0 Å². The molecule has 0 spiro atoms. The van der Waals surface area contributed by atoms with E-state index in [1.165, 1.54) is 11.1 Å². The number of fused-ring (bicyclic) bond motifs is 3. The van der Waals surface area contributed by atoms with E-state index in [0.29, 0.717) is 23.7 Å². The van der Waals surface area contributed by atoms with E-state index in [1.54, 1.807) is 11.8 Å². The van der Waals surface area contributed by atoms with Crippen molar-refractivity contribution in [3.63, 3.8) is 0 Å². The molecule has 1 amide bonds. The summed E-state index contributed by atoms with van der Waals surface area (Å²) in [7, 11) is 3.84. The first-order chi connectivity index (χ1) is 13.5. The maximum Gasteiger partial charge on any atom is 0.234 e. The number of benzene rings is 1. The lowest BCUT2D eigenvalue weighted by Gasteiger charge is -2.52. The molecule has 4 rings (SSSR count). The average Bonchev–Trinajstić information content (AvgIpc) is 3.19. The Morgan fingerprint density at radius 1 is 1.32 bits per heavy atom. The summed E-state index contributed by atoms with van der Waals surface area (Å²) in [5.74, 6) is 2.09. The summed E-state index contributed by atoms with van der Waals surface area (Å²) in [5, 5.41) is 8.77. The van der Waals surface area contributed by atoms with Gasteiger partial charge in [-0.25, -0.2) is 0 Å². The molecular formula is C23H32N2O2S. The number of carbonyl (C=O) groups excluding carboxylic acids is 1. The molecule has 3 aliphatic rings. The fourth-order valence-electron chi connectivity index (χ4n) is 5.60. The van der Waals surface area contributed by atoms with Crippen molar-refractivity contribution in [2.24, 2.45) is 17.8 Å². The van der Waals surface area contributed by atoms with Crippen LogP contribution in [-0.2, 0) is 9.53 Å². The monoisotopic (exact) mass is 400 g/mol. The molecule has 2 heterocycles. The molecule has 2 aliphatic heterocycles. The zero-order valence-corrected chi connectivity index (χ0v) is 18.0. The van der Waals surface area contributed by atoms with Crippen molar-refractivity contribution in [3.05, 3.63) is 46.9 Å². The molecule has 0 aromatic heterocycles. The summed E-state index contributed by atoms with van der Waals surface area (Å²) >= 11 is 1.67. The number of likely N-dealkylation sites (N-methyl/N-ethyl adjacent to an activating group) is 1. The molecule has 152 valence electrons. The molecule has 2 fully saturated rings. The predicted octanol–water partition coefficient (Wildman–Crippen LogP) is 3.51. The molecule has 1 aliphatic carbocycles. The molecule has 0 radical (unpaired) electrons. The summed E-state index contributed by atoms with van der Waals surface area (Å²) in [6, 6.07) is 9.35. The predicted molar refractivity (Wildman–Crippen MR) is 116 cm³/mol. The number of rotatable bonds is 5. The summed E-state index contributed by atoms with van der Waals surface area (Å²) in [6.07, 6.45) is 3.44. The van der Waals surface area contributed by atoms with Crippen molar-refractivity contribution < 1.29 is 9.53 Å². The molecule has 1 saturated carbocycles. The van der Waals surface area contributed by atoms with E-state index in [-0.39, 0.29) is 29.2 Å². The Kier molecular flexibility index (Phi) is 5.86. The number of piperidine rings is 1. The third-order valence-electron chi connectivity index (χ3n) is 7.04. The molecular weight excluding hydrogens is 368 g/mol. The fraction of sp³-hybridized carbons (Fsp3) is 0.609. The lowest BCUT2D eigenvalue weighted by atomic mass is 9.60. The molecule has 1 aromatic carbocycles. The third kappa shape index (κ3) is 3.42. The van der Waals surface area contributed by atoms with Gasteiger partial charge in [0.25, 0.3) is 0 Å². The van der Waals surface area contributed by atoms with Crippen molar-refractivity contribution in [2.45, 2.75) is 49.5 Å². The summed E-state index contributed by atoms with van der Waals surface area (Å²) in [6.45, 7) is 5.49. The Balaban J connectivity index is 1.68. The number of amides is 1. The maximum absolute atomic E-state index is 12.6. The van der Waals surface area contributed by atoms with Crippen molar-refractivity contribution in [1.82, 2.24) is 10.6 Å². The lowest BCUT2D eigenvalue weighted by Crippen LogP contribution is -2.62. The van der Waals surface area contributed by atoms with Gasteiger partial charge >= 0.3 is 0 Å². The first-order valence-electron chi connectivity index (χ1n) is 10.4. The van der Waals surface area contributed by atoms with Crippen LogP contribution in [0.15, 0.2) is 35.7 Å². The van der Waals surface area contributed by atoms with Gasteiger partial charge in [0.05, 0.1) is 11.4 Å². The number of hydrogen-bond donors (Lipinski definition) is 2. The number of allylic oxidation sites excluding steroid dienone is 1. The molecule has 8 atom stereocenters. The van der Waals surface area contributed by atoms with Crippen LogP contribution in [0.5, 0.6) is 0 Å². The van der Waals surface area contributed by atoms with Crippen LogP contribution in [0.3, 0.4) is 0 Å². The second kappa shape index (κ2) is 8.21. The largest absolute Gasteiger partial charge is 0.381 e. The van der Waals surface area contributed by atoms with Gasteiger partial charge in [-0.05, 0) is 47.8 Å². The van der Waals surface area contributed by atoms with E-state index in [9.17, 15) is 4.79 Å². The van der Waals surface area contributed by atoms with Gasteiger partial charge in [-0.15, -0.1) is 11.8 Å². The molecule has 5 heteroatoms. The number of methoxy groups -OCH3 is 1. The van der Waals surface area contributed by atoms with E-state index in [2.05, 4.69) is 60.2 Å². The minimum absolute atomic E-state index is 0.0153. The minimum atomic E-state index is 0.0153. The van der Waals surface area contributed by atoms with Gasteiger partial charge in [-0.2, -0.15) is 0 Å². The van der Waals surface area contributed by atoms with Crippen molar-refractivity contribution >= 4 is 17.7 Å². The van der Waals surface area contributed by atoms with E-state index in [0.717, 1.165) is 13.0 Å². The highest BCUT2D eigenvalue weighted by molar-refractivity contribution is 8.03. The van der Waals surface area contributed by atoms with Crippen LogP contribution in [0, 0.1) is 17.8 Å². The van der Waals surface area contributed by atoms with Gasteiger partial charge in [-0.3, -0.25) is 4.79 Å². The molecule has 0 bridgehead atoms. The van der Waals surface area contributed by atoms with Gasteiger partial charge in [0, 0.05) is 31.5 Å². The van der Waals surface area contributed by atoms with Crippen LogP contribution < -0.4 is 10.6 Å². The molecule has 4 nitrogen and oxygen atoms in total. The van der Waals surface area contributed by atoms with Gasteiger partial charge in [0.2, 0.25) is 5.91 Å². The maximum atomic E-state index is 12.6. The lowest BCUT2D eigenvalue weighted by molar-refractivity contribution is -0.128. The normalized spacial score (nSPS) is 37.9. The van der Waals surface area contributed by atoms with Crippen LogP contribution in [0.2, 0.25) is 0 Å². The Hall–Kier alpha value is -1.30. The van der Waals surface area contributed by atoms with E-state index in [1.807, 2.05) is 14.2 Å². The molecule has 1 aromatic rings. The van der Waals surface area contributed by atoms with Gasteiger partial charge < -0.3 is 15.4 Å². The number of hydrogen-bond acceptors (Lipinski definition) is 4. The van der Waals surface area contributed by atoms with Crippen molar-refractivity contribution in [2.75, 3.05) is 20.7 Å². The molecule has 2 N–H and O–H groups in total. The minimum Gasteiger partial charge on any atom is -0.381 e. The Morgan fingerprint density at radius 2 is 2.07 bits per heavy atom. The fourth-order valence-corrected chi connectivity index (χ4v) is 6.69. The average molecular weight is 401 g/mol. The van der Waals surface area contributed by atoms with Gasteiger partial charge in [0.15, 0.2) is 0 Å². The summed E-state index contributed by atoms with van der Waals surface area (Å²) in [5.41, 5.74) is 2.70. The second-order valence-electron chi connectivity index (χ2n) is 8.71. The van der Waals surface area contributed by atoms with E-state index < -0.39 is 0 Å². The smallest absolute Gasteiger partial charge is 0.234 e. The Bertz CT molecular complexity index is 735. The number of carbonyl (C=O) groups is 1. The zero-order chi connectivity index (χ0) is 19.8. The number of thioether (sulfide) groups is 1. The third-order valence-corrected chi connectivity index (χ3v) is 8.17. The van der Waals surface area contributed by atoms with Crippen LogP contribution >= 0.6 is 11.8 Å². The van der Waals surface area contributed by atoms with Gasteiger partial charge in [-0.1, -0.05) is 44.2 Å². The van der Waals surface area contributed by atoms with Crippen LogP contribution in [0.1, 0.15) is 43.2 Å². The highest BCUT2D eigenvalue weighted by Gasteiger charge is 2.54.